The van der Waals surface area contributed by atoms with Gasteiger partial charge in [-0.25, -0.2) is 13.6 Å². The van der Waals surface area contributed by atoms with E-state index in [0.717, 1.165) is 0 Å². The van der Waals surface area contributed by atoms with Crippen molar-refractivity contribution < 1.29 is 27.8 Å². The SMILES string of the molecule is CC1(C)OCC(CO)(N2CC(S(N)(=O)=O)CC2=O)CO1. The van der Waals surface area contributed by atoms with Crippen molar-refractivity contribution >= 4 is 15.9 Å². The van der Waals surface area contributed by atoms with Crippen LogP contribution in [-0.4, -0.2) is 67.3 Å². The second-order valence-corrected chi connectivity index (χ2v) is 7.62. The lowest BCUT2D eigenvalue weighted by atomic mass is 9.99. The molecule has 0 saturated carbocycles. The first-order chi connectivity index (χ1) is 9.10. The summed E-state index contributed by atoms with van der Waals surface area (Å²) in [6.45, 7) is 3.21. The van der Waals surface area contributed by atoms with E-state index >= 15 is 0 Å². The summed E-state index contributed by atoms with van der Waals surface area (Å²) in [6, 6.07) is 0. The minimum absolute atomic E-state index is 0.0502. The molecule has 0 aromatic rings. The van der Waals surface area contributed by atoms with Gasteiger partial charge in [0.1, 0.15) is 10.8 Å². The summed E-state index contributed by atoms with van der Waals surface area (Å²) in [5, 5.41) is 13.8. The van der Waals surface area contributed by atoms with Crippen molar-refractivity contribution in [1.29, 1.82) is 0 Å². The zero-order chi connectivity index (χ0) is 15.2. The fourth-order valence-electron chi connectivity index (χ4n) is 2.39. The Balaban J connectivity index is 2.19. The number of ether oxygens (including phenoxy) is 2. The second kappa shape index (κ2) is 4.92. The molecule has 1 unspecified atom stereocenters. The number of carbonyl (C=O) groups is 1. The third-order valence-electron chi connectivity index (χ3n) is 3.80. The predicted octanol–water partition coefficient (Wildman–Crippen LogP) is -1.61. The molecule has 2 aliphatic heterocycles. The molecule has 8 nitrogen and oxygen atoms in total. The van der Waals surface area contributed by atoms with Crippen LogP contribution in [0.5, 0.6) is 0 Å². The Morgan fingerprint density at radius 3 is 2.35 bits per heavy atom. The zero-order valence-electron chi connectivity index (χ0n) is 11.5. The molecule has 2 saturated heterocycles. The molecule has 2 fully saturated rings. The molecule has 2 aliphatic rings. The summed E-state index contributed by atoms with van der Waals surface area (Å²) in [5.41, 5.74) is -1.05. The molecular weight excluding hydrogens is 288 g/mol. The lowest BCUT2D eigenvalue weighted by Gasteiger charge is -2.47. The molecule has 1 amide bonds. The number of nitrogens with two attached hydrogens (primary N) is 1. The van der Waals surface area contributed by atoms with E-state index in [4.69, 9.17) is 14.6 Å². The first kappa shape index (κ1) is 15.6. The standard InChI is InChI=1S/C11H20N2O6S/c1-10(2)18-6-11(5-14,7-19-10)13-4-8(3-9(13)15)20(12,16)17/h8,14H,3-7H2,1-2H3,(H2,12,16,17). The van der Waals surface area contributed by atoms with Crippen LogP contribution in [0, 0.1) is 0 Å². The van der Waals surface area contributed by atoms with Gasteiger partial charge < -0.3 is 19.5 Å². The van der Waals surface area contributed by atoms with Gasteiger partial charge in [0, 0.05) is 13.0 Å². The molecule has 0 aliphatic carbocycles. The number of hydrogen-bond acceptors (Lipinski definition) is 6. The monoisotopic (exact) mass is 308 g/mol. The van der Waals surface area contributed by atoms with Crippen molar-refractivity contribution in [1.82, 2.24) is 4.90 Å². The van der Waals surface area contributed by atoms with Crippen LogP contribution < -0.4 is 5.14 Å². The number of nitrogens with zero attached hydrogens (tertiary/aromatic N) is 1. The number of amides is 1. The lowest BCUT2D eigenvalue weighted by molar-refractivity contribution is -0.288. The molecule has 0 aromatic carbocycles. The van der Waals surface area contributed by atoms with Crippen molar-refractivity contribution in [3.8, 4) is 0 Å². The highest BCUT2D eigenvalue weighted by molar-refractivity contribution is 7.89. The van der Waals surface area contributed by atoms with E-state index in [1.54, 1.807) is 13.8 Å². The van der Waals surface area contributed by atoms with E-state index < -0.39 is 26.6 Å². The van der Waals surface area contributed by atoms with Crippen LogP contribution >= 0.6 is 0 Å². The third kappa shape index (κ3) is 2.82. The van der Waals surface area contributed by atoms with E-state index in [0.29, 0.717) is 0 Å². The normalized spacial score (nSPS) is 29.7. The van der Waals surface area contributed by atoms with Crippen LogP contribution in [0.4, 0.5) is 0 Å². The van der Waals surface area contributed by atoms with Crippen LogP contribution in [0.25, 0.3) is 0 Å². The average Bonchev–Trinajstić information content (AvgIpc) is 2.73. The Morgan fingerprint density at radius 1 is 1.40 bits per heavy atom. The molecule has 2 rings (SSSR count). The summed E-state index contributed by atoms with van der Waals surface area (Å²) in [7, 11) is -3.79. The van der Waals surface area contributed by atoms with Crippen LogP contribution in [0.3, 0.4) is 0 Å². The first-order valence-electron chi connectivity index (χ1n) is 6.30. The smallest absolute Gasteiger partial charge is 0.224 e. The maximum Gasteiger partial charge on any atom is 0.224 e. The lowest BCUT2D eigenvalue weighted by Crippen LogP contribution is -2.63. The Morgan fingerprint density at radius 2 is 1.95 bits per heavy atom. The zero-order valence-corrected chi connectivity index (χ0v) is 12.4. The van der Waals surface area contributed by atoms with Crippen molar-refractivity contribution in [3.05, 3.63) is 0 Å². The highest BCUT2D eigenvalue weighted by Gasteiger charge is 2.50. The van der Waals surface area contributed by atoms with Gasteiger partial charge in [-0.15, -0.1) is 0 Å². The third-order valence-corrected chi connectivity index (χ3v) is 5.04. The minimum atomic E-state index is -3.79. The van der Waals surface area contributed by atoms with Gasteiger partial charge in [0.2, 0.25) is 15.9 Å². The number of rotatable bonds is 3. The first-order valence-corrected chi connectivity index (χ1v) is 7.91. The highest BCUT2D eigenvalue weighted by atomic mass is 32.2. The number of carbonyl (C=O) groups excluding carboxylic acids is 1. The maximum atomic E-state index is 12.0. The van der Waals surface area contributed by atoms with Crippen molar-refractivity contribution in [2.45, 2.75) is 36.8 Å². The summed E-state index contributed by atoms with van der Waals surface area (Å²) >= 11 is 0. The fraction of sp³-hybridized carbons (Fsp3) is 0.909. The van der Waals surface area contributed by atoms with Gasteiger partial charge in [-0.3, -0.25) is 4.79 Å². The van der Waals surface area contributed by atoms with E-state index in [1.165, 1.54) is 4.90 Å². The van der Waals surface area contributed by atoms with Gasteiger partial charge in [0.15, 0.2) is 5.79 Å². The van der Waals surface area contributed by atoms with Crippen molar-refractivity contribution in [2.75, 3.05) is 26.4 Å². The molecule has 0 bridgehead atoms. The number of hydrogen-bond donors (Lipinski definition) is 2. The van der Waals surface area contributed by atoms with Crippen LogP contribution in [-0.2, 0) is 24.3 Å². The second-order valence-electron chi connectivity index (χ2n) is 5.78. The van der Waals surface area contributed by atoms with Crippen LogP contribution in [0.1, 0.15) is 20.3 Å². The Bertz CT molecular complexity index is 493. The number of likely N-dealkylation sites (tertiary alicyclic amines) is 1. The molecule has 1 atom stereocenters. The van der Waals surface area contributed by atoms with Gasteiger partial charge in [-0.1, -0.05) is 0 Å². The molecule has 0 aromatic heterocycles. The quantitative estimate of drug-likeness (QED) is 0.647. The summed E-state index contributed by atoms with van der Waals surface area (Å²) in [4.78, 5) is 13.4. The van der Waals surface area contributed by atoms with E-state index in [-0.39, 0.29) is 38.7 Å². The number of aliphatic hydroxyl groups is 1. The summed E-state index contributed by atoms with van der Waals surface area (Å²) in [6.07, 6.45) is -0.177. The Kier molecular flexibility index (Phi) is 3.85. The topological polar surface area (TPSA) is 119 Å². The van der Waals surface area contributed by atoms with Gasteiger partial charge in [-0.2, -0.15) is 0 Å². The largest absolute Gasteiger partial charge is 0.394 e. The van der Waals surface area contributed by atoms with E-state index in [1.807, 2.05) is 0 Å². The molecule has 2 heterocycles. The Labute approximate surface area is 117 Å². The number of sulfonamides is 1. The molecular formula is C11H20N2O6S. The molecule has 0 radical (unpaired) electrons. The average molecular weight is 308 g/mol. The van der Waals surface area contributed by atoms with E-state index in [9.17, 15) is 18.3 Å². The van der Waals surface area contributed by atoms with Crippen LogP contribution in [0.2, 0.25) is 0 Å². The van der Waals surface area contributed by atoms with Gasteiger partial charge in [0.25, 0.3) is 0 Å². The fourth-order valence-corrected chi connectivity index (χ4v) is 3.12. The molecule has 3 N–H and O–H groups in total. The summed E-state index contributed by atoms with van der Waals surface area (Å²) < 4.78 is 33.7. The van der Waals surface area contributed by atoms with Crippen molar-refractivity contribution in [3.63, 3.8) is 0 Å². The highest BCUT2D eigenvalue weighted by Crippen LogP contribution is 2.32. The maximum absolute atomic E-state index is 12.0. The van der Waals surface area contributed by atoms with Gasteiger partial charge in [0.05, 0.1) is 19.8 Å². The molecule has 0 spiro atoms. The molecule has 20 heavy (non-hydrogen) atoms. The van der Waals surface area contributed by atoms with Gasteiger partial charge >= 0.3 is 0 Å². The van der Waals surface area contributed by atoms with Gasteiger partial charge in [-0.05, 0) is 13.8 Å². The summed E-state index contributed by atoms with van der Waals surface area (Å²) in [5.74, 6) is -1.16. The number of primary sulfonamides is 1. The predicted molar refractivity (Wildman–Crippen MR) is 69.0 cm³/mol. The molecule has 116 valence electrons. The van der Waals surface area contributed by atoms with Crippen LogP contribution in [0.15, 0.2) is 0 Å². The van der Waals surface area contributed by atoms with Crippen molar-refractivity contribution in [2.24, 2.45) is 5.14 Å². The van der Waals surface area contributed by atoms with E-state index in [2.05, 4.69) is 0 Å². The minimum Gasteiger partial charge on any atom is -0.394 e. The Hall–Kier alpha value is -0.740. The number of aliphatic hydroxyl groups excluding tert-OH is 1. The molecule has 9 heteroatoms.